The molecule has 0 radical (unpaired) electrons. The molecule has 5 nitrogen and oxygen atoms in total. The molecule has 2 amide bonds. The van der Waals surface area contributed by atoms with Gasteiger partial charge in [0.2, 0.25) is 0 Å². The number of nitrogens with zero attached hydrogens (tertiary/aromatic N) is 2. The monoisotopic (exact) mass is 357 g/mol. The number of carbonyl (C=O) groups excluding carboxylic acids is 1. The second-order valence-corrected chi connectivity index (χ2v) is 6.36. The van der Waals surface area contributed by atoms with Crippen LogP contribution in [0.4, 0.5) is 9.18 Å². The third kappa shape index (κ3) is 4.73. The Morgan fingerprint density at radius 2 is 1.77 bits per heavy atom. The fraction of sp³-hybridized carbons (Fsp3) is 0.350. The first-order valence-electron chi connectivity index (χ1n) is 8.77. The zero-order chi connectivity index (χ0) is 18.4. The summed E-state index contributed by atoms with van der Waals surface area (Å²) in [7, 11) is 1.68. The number of rotatable bonds is 5. The highest BCUT2D eigenvalue weighted by molar-refractivity contribution is 5.74. The van der Waals surface area contributed by atoms with Gasteiger partial charge in [-0.15, -0.1) is 0 Å². The van der Waals surface area contributed by atoms with Gasteiger partial charge in [0.25, 0.3) is 0 Å². The largest absolute Gasteiger partial charge is 0.496 e. The summed E-state index contributed by atoms with van der Waals surface area (Å²) in [6.07, 6.45) is 0. The van der Waals surface area contributed by atoms with Crippen LogP contribution in [0.5, 0.6) is 5.75 Å². The lowest BCUT2D eigenvalue weighted by Crippen LogP contribution is -2.51. The van der Waals surface area contributed by atoms with Crippen LogP contribution in [0.2, 0.25) is 0 Å². The number of hydrogen-bond acceptors (Lipinski definition) is 3. The van der Waals surface area contributed by atoms with Gasteiger partial charge in [-0.2, -0.15) is 0 Å². The van der Waals surface area contributed by atoms with Crippen molar-refractivity contribution in [2.45, 2.75) is 13.1 Å². The Balaban J connectivity index is 1.45. The molecule has 2 aromatic rings. The van der Waals surface area contributed by atoms with Gasteiger partial charge in [-0.1, -0.05) is 30.3 Å². The number of hydrogen-bond donors (Lipinski definition) is 1. The van der Waals surface area contributed by atoms with Crippen molar-refractivity contribution in [1.29, 1.82) is 0 Å². The molecular formula is C20H24FN3O2. The molecule has 1 aliphatic rings. The molecule has 0 spiro atoms. The zero-order valence-electron chi connectivity index (χ0n) is 15.0. The SMILES string of the molecule is COc1ccccc1CN1CCN(C(=O)NCc2ccc(F)cc2)CC1. The Kier molecular flexibility index (Phi) is 6.07. The van der Waals surface area contributed by atoms with Gasteiger partial charge in [0, 0.05) is 44.8 Å². The molecular weight excluding hydrogens is 333 g/mol. The van der Waals surface area contributed by atoms with Crippen molar-refractivity contribution in [1.82, 2.24) is 15.1 Å². The molecule has 0 atom stereocenters. The number of carbonyl (C=O) groups is 1. The van der Waals surface area contributed by atoms with E-state index in [1.165, 1.54) is 12.1 Å². The predicted octanol–water partition coefficient (Wildman–Crippen LogP) is 2.86. The molecule has 26 heavy (non-hydrogen) atoms. The Bertz CT molecular complexity index is 728. The van der Waals surface area contributed by atoms with Crippen LogP contribution in [0.15, 0.2) is 48.5 Å². The van der Waals surface area contributed by atoms with Crippen LogP contribution in [-0.4, -0.2) is 49.1 Å². The standard InChI is InChI=1S/C20H24FN3O2/c1-26-19-5-3-2-4-17(19)15-23-10-12-24(13-11-23)20(25)22-14-16-6-8-18(21)9-7-16/h2-9H,10-15H2,1H3,(H,22,25). The van der Waals surface area contributed by atoms with Crippen molar-refractivity contribution in [2.75, 3.05) is 33.3 Å². The minimum Gasteiger partial charge on any atom is -0.496 e. The lowest BCUT2D eigenvalue weighted by molar-refractivity contribution is 0.134. The number of halogens is 1. The van der Waals surface area contributed by atoms with Crippen LogP contribution in [0.3, 0.4) is 0 Å². The molecule has 6 heteroatoms. The van der Waals surface area contributed by atoms with Gasteiger partial charge >= 0.3 is 6.03 Å². The van der Waals surface area contributed by atoms with Crippen molar-refractivity contribution >= 4 is 6.03 Å². The van der Waals surface area contributed by atoms with Crippen LogP contribution in [0, 0.1) is 5.82 Å². The third-order valence-electron chi connectivity index (χ3n) is 4.60. The summed E-state index contributed by atoms with van der Waals surface area (Å²) in [5.41, 5.74) is 2.04. The fourth-order valence-electron chi connectivity index (χ4n) is 3.08. The van der Waals surface area contributed by atoms with E-state index in [4.69, 9.17) is 4.74 Å². The van der Waals surface area contributed by atoms with Crippen molar-refractivity contribution < 1.29 is 13.9 Å². The van der Waals surface area contributed by atoms with E-state index in [0.29, 0.717) is 19.6 Å². The highest BCUT2D eigenvalue weighted by atomic mass is 19.1. The number of piperazine rings is 1. The van der Waals surface area contributed by atoms with Gasteiger partial charge in [-0.05, 0) is 23.8 Å². The predicted molar refractivity (Wildman–Crippen MR) is 98.5 cm³/mol. The number of benzene rings is 2. The Morgan fingerprint density at radius 3 is 2.46 bits per heavy atom. The molecule has 0 unspecified atom stereocenters. The minimum absolute atomic E-state index is 0.0775. The first-order chi connectivity index (χ1) is 12.7. The maximum atomic E-state index is 12.9. The van der Waals surface area contributed by atoms with E-state index in [9.17, 15) is 9.18 Å². The zero-order valence-corrected chi connectivity index (χ0v) is 15.0. The van der Waals surface area contributed by atoms with E-state index < -0.39 is 0 Å². The average molecular weight is 357 g/mol. The summed E-state index contributed by atoms with van der Waals surface area (Å²) in [5.74, 6) is 0.623. The summed E-state index contributed by atoms with van der Waals surface area (Å²) in [4.78, 5) is 16.4. The van der Waals surface area contributed by atoms with Gasteiger partial charge < -0.3 is 15.0 Å². The van der Waals surface area contributed by atoms with Crippen molar-refractivity contribution in [3.8, 4) is 5.75 Å². The number of nitrogens with one attached hydrogen (secondary N) is 1. The Labute approximate surface area is 153 Å². The molecule has 1 saturated heterocycles. The molecule has 1 N–H and O–H groups in total. The normalized spacial score (nSPS) is 14.9. The van der Waals surface area contributed by atoms with E-state index >= 15 is 0 Å². The molecule has 1 aliphatic heterocycles. The summed E-state index contributed by atoms with van der Waals surface area (Å²) >= 11 is 0. The van der Waals surface area contributed by atoms with E-state index in [1.54, 1.807) is 19.2 Å². The van der Waals surface area contributed by atoms with Gasteiger partial charge in [0.15, 0.2) is 0 Å². The summed E-state index contributed by atoms with van der Waals surface area (Å²) in [6, 6.07) is 14.1. The quantitative estimate of drug-likeness (QED) is 0.895. The number of para-hydroxylation sites is 1. The minimum atomic E-state index is -0.272. The Morgan fingerprint density at radius 1 is 1.08 bits per heavy atom. The summed E-state index contributed by atoms with van der Waals surface area (Å²) in [6.45, 7) is 4.23. The first-order valence-corrected chi connectivity index (χ1v) is 8.77. The second kappa shape index (κ2) is 8.67. The van der Waals surface area contributed by atoms with Gasteiger partial charge in [0.1, 0.15) is 11.6 Å². The Hall–Kier alpha value is -2.60. The lowest BCUT2D eigenvalue weighted by Gasteiger charge is -2.34. The fourth-order valence-corrected chi connectivity index (χ4v) is 3.08. The average Bonchev–Trinajstić information content (AvgIpc) is 2.68. The van der Waals surface area contributed by atoms with Gasteiger partial charge in [0.05, 0.1) is 7.11 Å². The third-order valence-corrected chi connectivity index (χ3v) is 4.60. The molecule has 3 rings (SSSR count). The number of methoxy groups -OCH3 is 1. The van der Waals surface area contributed by atoms with E-state index in [2.05, 4.69) is 16.3 Å². The number of amides is 2. The number of ether oxygens (including phenoxy) is 1. The number of urea groups is 1. The topological polar surface area (TPSA) is 44.8 Å². The maximum Gasteiger partial charge on any atom is 0.317 e. The smallest absolute Gasteiger partial charge is 0.317 e. The molecule has 0 aliphatic carbocycles. The van der Waals surface area contributed by atoms with E-state index in [-0.39, 0.29) is 11.8 Å². The van der Waals surface area contributed by atoms with Gasteiger partial charge in [-0.3, -0.25) is 4.90 Å². The molecule has 0 bridgehead atoms. The molecule has 138 valence electrons. The molecule has 2 aromatic carbocycles. The molecule has 1 fully saturated rings. The lowest BCUT2D eigenvalue weighted by atomic mass is 10.1. The van der Waals surface area contributed by atoms with E-state index in [0.717, 1.165) is 36.5 Å². The van der Waals surface area contributed by atoms with Crippen LogP contribution in [-0.2, 0) is 13.1 Å². The van der Waals surface area contributed by atoms with Crippen molar-refractivity contribution in [2.24, 2.45) is 0 Å². The highest BCUT2D eigenvalue weighted by Crippen LogP contribution is 2.20. The maximum absolute atomic E-state index is 12.9. The van der Waals surface area contributed by atoms with Crippen LogP contribution in [0.1, 0.15) is 11.1 Å². The first kappa shape index (κ1) is 18.2. The summed E-state index contributed by atoms with van der Waals surface area (Å²) in [5, 5.41) is 2.90. The highest BCUT2D eigenvalue weighted by Gasteiger charge is 2.21. The van der Waals surface area contributed by atoms with Gasteiger partial charge in [-0.25, -0.2) is 9.18 Å². The summed E-state index contributed by atoms with van der Waals surface area (Å²) < 4.78 is 18.3. The van der Waals surface area contributed by atoms with Crippen molar-refractivity contribution in [3.05, 3.63) is 65.5 Å². The van der Waals surface area contributed by atoms with Crippen LogP contribution in [0.25, 0.3) is 0 Å². The van der Waals surface area contributed by atoms with Crippen LogP contribution < -0.4 is 10.1 Å². The van der Waals surface area contributed by atoms with E-state index in [1.807, 2.05) is 23.1 Å². The second-order valence-electron chi connectivity index (χ2n) is 6.36. The van der Waals surface area contributed by atoms with Crippen molar-refractivity contribution in [3.63, 3.8) is 0 Å². The molecule has 0 aromatic heterocycles. The molecule has 0 saturated carbocycles. The van der Waals surface area contributed by atoms with Crippen LogP contribution >= 0.6 is 0 Å². The molecule has 1 heterocycles.